The minimum Gasteiger partial charge on any atom is -0.493 e. The second-order valence-electron chi connectivity index (χ2n) is 7.48. The molecule has 6 nitrogen and oxygen atoms in total. The van der Waals surface area contributed by atoms with Gasteiger partial charge in [0, 0.05) is 12.6 Å². The summed E-state index contributed by atoms with van der Waals surface area (Å²) in [6, 6.07) is 14.1. The van der Waals surface area contributed by atoms with Gasteiger partial charge in [-0.05, 0) is 44.0 Å². The van der Waals surface area contributed by atoms with Gasteiger partial charge in [0.25, 0.3) is 11.8 Å². The Bertz CT molecular complexity index is 838. The second-order valence-corrected chi connectivity index (χ2v) is 7.48. The average molecular weight is 427 g/mol. The van der Waals surface area contributed by atoms with E-state index < -0.39 is 0 Å². The smallest absolute Gasteiger partial charge is 0.255 e. The molecule has 2 rings (SSSR count). The molecular formula is C25H34N2O4. The van der Waals surface area contributed by atoms with E-state index in [0.717, 1.165) is 25.7 Å². The molecule has 2 aromatic rings. The van der Waals surface area contributed by atoms with Crippen LogP contribution >= 0.6 is 0 Å². The molecule has 0 aliphatic carbocycles. The number of hydrogen-bond donors (Lipinski definition) is 2. The number of unbranched alkanes of at least 4 members (excludes halogenated alkanes) is 2. The van der Waals surface area contributed by atoms with Crippen LogP contribution in [-0.4, -0.2) is 37.6 Å². The van der Waals surface area contributed by atoms with Crippen LogP contribution in [0.5, 0.6) is 11.5 Å². The molecule has 0 spiro atoms. The lowest BCUT2D eigenvalue weighted by Crippen LogP contribution is -2.42. The van der Waals surface area contributed by atoms with Crippen LogP contribution in [0.4, 0.5) is 0 Å². The minimum atomic E-state index is -0.256. The van der Waals surface area contributed by atoms with E-state index in [1.165, 1.54) is 0 Å². The molecule has 2 amide bonds. The largest absolute Gasteiger partial charge is 0.493 e. The number of ether oxygens (including phenoxy) is 2. The Hall–Kier alpha value is -3.02. The molecule has 2 N–H and O–H groups in total. The fraction of sp³-hybridized carbons (Fsp3) is 0.440. The Morgan fingerprint density at radius 2 is 1.29 bits per heavy atom. The Balaban J connectivity index is 1.90. The minimum absolute atomic E-state index is 0.225. The van der Waals surface area contributed by atoms with Gasteiger partial charge >= 0.3 is 0 Å². The van der Waals surface area contributed by atoms with Gasteiger partial charge in [0.2, 0.25) is 0 Å². The maximum absolute atomic E-state index is 12.7. The lowest BCUT2D eigenvalue weighted by atomic mass is 10.1. The molecule has 0 unspecified atom stereocenters. The third-order valence-corrected chi connectivity index (χ3v) is 4.72. The first-order valence-electron chi connectivity index (χ1n) is 11.1. The number of amides is 2. The molecule has 1 atom stereocenters. The molecule has 0 aliphatic rings. The predicted octanol–water partition coefficient (Wildman–Crippen LogP) is 4.59. The van der Waals surface area contributed by atoms with Crippen molar-refractivity contribution in [3.8, 4) is 11.5 Å². The molecule has 0 radical (unpaired) electrons. The van der Waals surface area contributed by atoms with E-state index in [0.29, 0.717) is 42.4 Å². The van der Waals surface area contributed by atoms with Gasteiger partial charge in [-0.1, -0.05) is 51.0 Å². The summed E-state index contributed by atoms with van der Waals surface area (Å²) in [5, 5.41) is 5.80. The molecular weight excluding hydrogens is 392 g/mol. The highest BCUT2D eigenvalue weighted by atomic mass is 16.5. The van der Waals surface area contributed by atoms with Crippen LogP contribution < -0.4 is 20.1 Å². The van der Waals surface area contributed by atoms with Crippen molar-refractivity contribution in [2.45, 2.75) is 52.5 Å². The van der Waals surface area contributed by atoms with Gasteiger partial charge in [0.1, 0.15) is 11.5 Å². The first-order valence-corrected chi connectivity index (χ1v) is 11.1. The van der Waals surface area contributed by atoms with E-state index in [1.807, 2.05) is 31.2 Å². The Morgan fingerprint density at radius 1 is 0.806 bits per heavy atom. The summed E-state index contributed by atoms with van der Waals surface area (Å²) in [5.74, 6) is 0.694. The summed E-state index contributed by atoms with van der Waals surface area (Å²) in [5.41, 5.74) is 0.984. The van der Waals surface area contributed by atoms with Crippen molar-refractivity contribution in [3.05, 3.63) is 59.7 Å². The molecule has 0 aromatic heterocycles. The van der Waals surface area contributed by atoms with Crippen molar-refractivity contribution in [1.29, 1.82) is 0 Å². The Kier molecular flexibility index (Phi) is 10.4. The first kappa shape index (κ1) is 24.3. The third-order valence-electron chi connectivity index (χ3n) is 4.72. The standard InChI is InChI=1S/C25H34N2O4/c1-4-6-16-30-22-14-10-8-12-20(22)24(28)26-18-19(3)27-25(29)21-13-9-11-15-23(21)31-17-7-5-2/h8-15,19H,4-7,16-18H2,1-3H3,(H,26,28)(H,27,29)/t19-/m0/s1. The van der Waals surface area contributed by atoms with Crippen molar-refractivity contribution in [2.75, 3.05) is 19.8 Å². The number of nitrogens with one attached hydrogen (secondary N) is 2. The highest BCUT2D eigenvalue weighted by molar-refractivity contribution is 5.98. The number of hydrogen-bond acceptors (Lipinski definition) is 4. The van der Waals surface area contributed by atoms with Gasteiger partial charge in [0.15, 0.2) is 0 Å². The van der Waals surface area contributed by atoms with Crippen LogP contribution in [0.15, 0.2) is 48.5 Å². The highest BCUT2D eigenvalue weighted by Gasteiger charge is 2.17. The van der Waals surface area contributed by atoms with Crippen molar-refractivity contribution < 1.29 is 19.1 Å². The summed E-state index contributed by atoms with van der Waals surface area (Å²) in [7, 11) is 0. The summed E-state index contributed by atoms with van der Waals surface area (Å²) < 4.78 is 11.5. The molecule has 6 heteroatoms. The van der Waals surface area contributed by atoms with E-state index in [-0.39, 0.29) is 17.9 Å². The monoisotopic (exact) mass is 426 g/mol. The number of rotatable bonds is 13. The van der Waals surface area contributed by atoms with Crippen molar-refractivity contribution in [1.82, 2.24) is 10.6 Å². The maximum atomic E-state index is 12.7. The van der Waals surface area contributed by atoms with E-state index in [2.05, 4.69) is 24.5 Å². The van der Waals surface area contributed by atoms with Crippen LogP contribution in [0.1, 0.15) is 67.2 Å². The van der Waals surface area contributed by atoms with E-state index in [1.54, 1.807) is 24.3 Å². The van der Waals surface area contributed by atoms with Crippen LogP contribution in [0.25, 0.3) is 0 Å². The SMILES string of the molecule is CCCCOc1ccccc1C(=O)NC[C@H](C)NC(=O)c1ccccc1OCCCC. The second kappa shape index (κ2) is 13.3. The van der Waals surface area contributed by atoms with Gasteiger partial charge in [-0.15, -0.1) is 0 Å². The van der Waals surface area contributed by atoms with Crippen LogP contribution in [0.2, 0.25) is 0 Å². The third kappa shape index (κ3) is 7.96. The summed E-state index contributed by atoms with van der Waals surface area (Å²) in [6.45, 7) is 7.48. The fourth-order valence-corrected chi connectivity index (χ4v) is 2.91. The van der Waals surface area contributed by atoms with E-state index in [9.17, 15) is 9.59 Å². The molecule has 0 fully saturated rings. The number of carbonyl (C=O) groups is 2. The van der Waals surface area contributed by atoms with Gasteiger partial charge in [-0.3, -0.25) is 9.59 Å². The zero-order valence-electron chi connectivity index (χ0n) is 18.8. The zero-order valence-corrected chi connectivity index (χ0v) is 18.8. The molecule has 0 heterocycles. The van der Waals surface area contributed by atoms with Crippen molar-refractivity contribution >= 4 is 11.8 Å². The molecule has 0 saturated heterocycles. The topological polar surface area (TPSA) is 76.7 Å². The molecule has 31 heavy (non-hydrogen) atoms. The van der Waals surface area contributed by atoms with Gasteiger partial charge in [-0.2, -0.15) is 0 Å². The Morgan fingerprint density at radius 3 is 1.81 bits per heavy atom. The van der Waals surface area contributed by atoms with E-state index >= 15 is 0 Å². The molecule has 168 valence electrons. The molecule has 2 aromatic carbocycles. The molecule has 0 bridgehead atoms. The van der Waals surface area contributed by atoms with Gasteiger partial charge in [0.05, 0.1) is 24.3 Å². The van der Waals surface area contributed by atoms with Crippen LogP contribution in [0.3, 0.4) is 0 Å². The van der Waals surface area contributed by atoms with Crippen molar-refractivity contribution in [2.24, 2.45) is 0 Å². The number of para-hydroxylation sites is 2. The van der Waals surface area contributed by atoms with Crippen LogP contribution in [0, 0.1) is 0 Å². The summed E-state index contributed by atoms with van der Waals surface area (Å²) in [6.07, 6.45) is 3.92. The lowest BCUT2D eigenvalue weighted by Gasteiger charge is -2.17. The number of benzene rings is 2. The molecule has 0 saturated carbocycles. The van der Waals surface area contributed by atoms with Crippen molar-refractivity contribution in [3.63, 3.8) is 0 Å². The quantitative estimate of drug-likeness (QED) is 0.459. The Labute approximate surface area is 185 Å². The molecule has 0 aliphatic heterocycles. The lowest BCUT2D eigenvalue weighted by molar-refractivity contribution is 0.0907. The summed E-state index contributed by atoms with van der Waals surface area (Å²) in [4.78, 5) is 25.3. The van der Waals surface area contributed by atoms with Gasteiger partial charge in [-0.25, -0.2) is 0 Å². The maximum Gasteiger partial charge on any atom is 0.255 e. The zero-order chi connectivity index (χ0) is 22.5. The average Bonchev–Trinajstić information content (AvgIpc) is 2.78. The number of carbonyl (C=O) groups excluding carboxylic acids is 2. The van der Waals surface area contributed by atoms with Gasteiger partial charge < -0.3 is 20.1 Å². The van der Waals surface area contributed by atoms with Crippen LogP contribution in [-0.2, 0) is 0 Å². The fourth-order valence-electron chi connectivity index (χ4n) is 2.91. The highest BCUT2D eigenvalue weighted by Crippen LogP contribution is 2.19. The first-order chi connectivity index (χ1) is 15.1. The van der Waals surface area contributed by atoms with E-state index in [4.69, 9.17) is 9.47 Å². The predicted molar refractivity (Wildman–Crippen MR) is 123 cm³/mol. The normalized spacial score (nSPS) is 11.5. The summed E-state index contributed by atoms with van der Waals surface area (Å²) >= 11 is 0.